The maximum absolute atomic E-state index is 12.4. The third kappa shape index (κ3) is 5.48. The van der Waals surface area contributed by atoms with Crippen LogP contribution in [0.4, 0.5) is 26.3 Å². The average Bonchev–Trinajstić information content (AvgIpc) is 2.25. The maximum atomic E-state index is 12.4. The van der Waals surface area contributed by atoms with Crippen molar-refractivity contribution in [3.63, 3.8) is 0 Å². The SMILES string of the molecule is NNC(Cc1cccc(C(F)(F)F)c1)CC(F)(F)F. The first kappa shape index (κ1) is 15.8. The van der Waals surface area contributed by atoms with Gasteiger partial charge in [0.1, 0.15) is 0 Å². The lowest BCUT2D eigenvalue weighted by Gasteiger charge is -2.18. The summed E-state index contributed by atoms with van der Waals surface area (Å²) in [7, 11) is 0. The maximum Gasteiger partial charge on any atom is 0.416 e. The zero-order valence-electron chi connectivity index (χ0n) is 9.65. The molecule has 0 fully saturated rings. The van der Waals surface area contributed by atoms with Gasteiger partial charge in [0.25, 0.3) is 0 Å². The van der Waals surface area contributed by atoms with E-state index in [2.05, 4.69) is 0 Å². The van der Waals surface area contributed by atoms with Crippen molar-refractivity contribution in [1.82, 2.24) is 5.43 Å². The fraction of sp³-hybridized carbons (Fsp3) is 0.455. The summed E-state index contributed by atoms with van der Waals surface area (Å²) in [4.78, 5) is 0. The van der Waals surface area contributed by atoms with Gasteiger partial charge in [-0.2, -0.15) is 26.3 Å². The van der Waals surface area contributed by atoms with E-state index in [1.165, 1.54) is 6.07 Å². The van der Waals surface area contributed by atoms with Gasteiger partial charge in [0.2, 0.25) is 0 Å². The van der Waals surface area contributed by atoms with Gasteiger partial charge in [0.05, 0.1) is 12.0 Å². The van der Waals surface area contributed by atoms with Gasteiger partial charge in [-0.3, -0.25) is 11.3 Å². The van der Waals surface area contributed by atoms with Gasteiger partial charge in [-0.15, -0.1) is 0 Å². The predicted molar refractivity (Wildman–Crippen MR) is 56.9 cm³/mol. The minimum atomic E-state index is -4.52. The summed E-state index contributed by atoms with van der Waals surface area (Å²) in [6, 6.07) is 3.00. The first-order chi connectivity index (χ1) is 8.62. The van der Waals surface area contributed by atoms with Crippen LogP contribution in [0.1, 0.15) is 17.5 Å². The van der Waals surface area contributed by atoms with Gasteiger partial charge in [-0.1, -0.05) is 18.2 Å². The first-order valence-electron chi connectivity index (χ1n) is 5.31. The molecule has 1 aromatic carbocycles. The summed E-state index contributed by atoms with van der Waals surface area (Å²) in [5.74, 6) is 4.98. The molecule has 0 aliphatic carbocycles. The van der Waals surface area contributed by atoms with Crippen LogP contribution in [0.5, 0.6) is 0 Å². The average molecular weight is 286 g/mol. The van der Waals surface area contributed by atoms with Crippen LogP contribution < -0.4 is 11.3 Å². The number of hydrogen-bond donors (Lipinski definition) is 2. The summed E-state index contributed by atoms with van der Waals surface area (Å²) < 4.78 is 73.9. The van der Waals surface area contributed by atoms with E-state index in [4.69, 9.17) is 5.84 Å². The molecule has 2 nitrogen and oxygen atoms in total. The Balaban J connectivity index is 2.81. The van der Waals surface area contributed by atoms with E-state index < -0.39 is 30.4 Å². The van der Waals surface area contributed by atoms with E-state index in [1.807, 2.05) is 5.43 Å². The summed E-state index contributed by atoms with van der Waals surface area (Å²) in [5, 5.41) is 0. The molecule has 0 aliphatic heterocycles. The molecule has 0 heterocycles. The lowest BCUT2D eigenvalue weighted by molar-refractivity contribution is -0.140. The van der Waals surface area contributed by atoms with Crippen LogP contribution in [-0.2, 0) is 12.6 Å². The zero-order chi connectivity index (χ0) is 14.7. The molecule has 1 atom stereocenters. The smallest absolute Gasteiger partial charge is 0.271 e. The molecule has 0 saturated heterocycles. The molecule has 108 valence electrons. The Morgan fingerprint density at radius 3 is 2.21 bits per heavy atom. The van der Waals surface area contributed by atoms with Crippen molar-refractivity contribution in [2.75, 3.05) is 0 Å². The van der Waals surface area contributed by atoms with Gasteiger partial charge in [0.15, 0.2) is 0 Å². The standard InChI is InChI=1S/C11H12F6N2/c12-10(13,14)6-9(19-18)5-7-2-1-3-8(4-7)11(15,16)17/h1-4,9,19H,5-6,18H2. The Morgan fingerprint density at radius 2 is 1.74 bits per heavy atom. The van der Waals surface area contributed by atoms with Crippen molar-refractivity contribution in [1.29, 1.82) is 0 Å². The molecule has 19 heavy (non-hydrogen) atoms. The molecule has 0 aliphatic rings. The number of benzene rings is 1. The van der Waals surface area contributed by atoms with E-state index in [9.17, 15) is 26.3 Å². The van der Waals surface area contributed by atoms with Gasteiger partial charge < -0.3 is 0 Å². The molecule has 0 spiro atoms. The second-order valence-electron chi connectivity index (χ2n) is 4.09. The van der Waals surface area contributed by atoms with Crippen molar-refractivity contribution in [3.8, 4) is 0 Å². The van der Waals surface area contributed by atoms with Crippen LogP contribution >= 0.6 is 0 Å². The molecule has 8 heteroatoms. The molecule has 1 unspecified atom stereocenters. The van der Waals surface area contributed by atoms with Crippen molar-refractivity contribution in [2.45, 2.75) is 31.2 Å². The van der Waals surface area contributed by atoms with Gasteiger partial charge in [-0.05, 0) is 18.1 Å². The third-order valence-electron chi connectivity index (χ3n) is 2.45. The molecule has 3 N–H and O–H groups in total. The number of hydrazine groups is 1. The molecule has 0 radical (unpaired) electrons. The van der Waals surface area contributed by atoms with Crippen LogP contribution in [0, 0.1) is 0 Å². The van der Waals surface area contributed by atoms with Crippen molar-refractivity contribution >= 4 is 0 Å². The second kappa shape index (κ2) is 5.79. The zero-order valence-corrected chi connectivity index (χ0v) is 9.65. The Morgan fingerprint density at radius 1 is 1.11 bits per heavy atom. The van der Waals surface area contributed by atoms with Gasteiger partial charge in [0, 0.05) is 6.04 Å². The molecule has 0 aromatic heterocycles. The predicted octanol–water partition coefficient (Wildman–Crippen LogP) is 3.03. The van der Waals surface area contributed by atoms with Crippen molar-refractivity contribution in [3.05, 3.63) is 35.4 Å². The summed E-state index contributed by atoms with van der Waals surface area (Å²) in [5.41, 5.74) is 1.21. The minimum absolute atomic E-state index is 0.141. The number of rotatable bonds is 4. The quantitative estimate of drug-likeness (QED) is 0.507. The fourth-order valence-corrected chi connectivity index (χ4v) is 1.63. The lowest BCUT2D eigenvalue weighted by Crippen LogP contribution is -2.40. The third-order valence-corrected chi connectivity index (χ3v) is 2.45. The topological polar surface area (TPSA) is 38.0 Å². The largest absolute Gasteiger partial charge is 0.416 e. The highest BCUT2D eigenvalue weighted by Crippen LogP contribution is 2.30. The first-order valence-corrected chi connectivity index (χ1v) is 5.31. The minimum Gasteiger partial charge on any atom is -0.271 e. The van der Waals surface area contributed by atoms with Crippen LogP contribution in [0.15, 0.2) is 24.3 Å². The van der Waals surface area contributed by atoms with Gasteiger partial charge >= 0.3 is 12.4 Å². The van der Waals surface area contributed by atoms with E-state index in [-0.39, 0.29) is 12.0 Å². The summed E-state index contributed by atoms with van der Waals surface area (Å²) >= 11 is 0. The fourth-order valence-electron chi connectivity index (χ4n) is 1.63. The lowest BCUT2D eigenvalue weighted by atomic mass is 10.0. The molecule has 1 rings (SSSR count). The highest BCUT2D eigenvalue weighted by molar-refractivity contribution is 5.26. The van der Waals surface area contributed by atoms with Crippen molar-refractivity contribution < 1.29 is 26.3 Å². The van der Waals surface area contributed by atoms with E-state index in [0.29, 0.717) is 0 Å². The molecule has 0 saturated carbocycles. The summed E-state index contributed by atoms with van der Waals surface area (Å²) in [6.07, 6.45) is -10.4. The number of nitrogens with two attached hydrogens (primary N) is 1. The molecular formula is C11H12F6N2. The highest BCUT2D eigenvalue weighted by Gasteiger charge is 2.33. The summed E-state index contributed by atoms with van der Waals surface area (Å²) in [6.45, 7) is 0. The van der Waals surface area contributed by atoms with Gasteiger partial charge in [-0.25, -0.2) is 0 Å². The van der Waals surface area contributed by atoms with Crippen LogP contribution in [0.3, 0.4) is 0 Å². The van der Waals surface area contributed by atoms with Crippen molar-refractivity contribution in [2.24, 2.45) is 5.84 Å². The van der Waals surface area contributed by atoms with E-state index in [0.717, 1.165) is 18.2 Å². The number of nitrogens with one attached hydrogen (secondary N) is 1. The Bertz CT molecular complexity index is 412. The molecule has 0 bridgehead atoms. The van der Waals surface area contributed by atoms with E-state index >= 15 is 0 Å². The molecule has 1 aromatic rings. The van der Waals surface area contributed by atoms with Crippen LogP contribution in [0.25, 0.3) is 0 Å². The number of alkyl halides is 6. The Kier molecular flexibility index (Phi) is 4.81. The van der Waals surface area contributed by atoms with E-state index in [1.54, 1.807) is 0 Å². The van der Waals surface area contributed by atoms with Crippen LogP contribution in [0.2, 0.25) is 0 Å². The highest BCUT2D eigenvalue weighted by atomic mass is 19.4. The monoisotopic (exact) mass is 286 g/mol. The Hall–Kier alpha value is -1.28. The number of hydrogen-bond acceptors (Lipinski definition) is 2. The molecule has 0 amide bonds. The van der Waals surface area contributed by atoms with Crippen LogP contribution in [-0.4, -0.2) is 12.2 Å². The number of halogens is 6. The Labute approximate surface area is 105 Å². The molecular weight excluding hydrogens is 274 g/mol. The second-order valence-corrected chi connectivity index (χ2v) is 4.09. The normalized spacial score (nSPS) is 14.5.